The van der Waals surface area contributed by atoms with E-state index in [0.717, 1.165) is 57.6 Å². The van der Waals surface area contributed by atoms with Gasteiger partial charge in [-0.15, -0.1) is 0 Å². The lowest BCUT2D eigenvalue weighted by atomic mass is 9.72. The van der Waals surface area contributed by atoms with Crippen LogP contribution in [0.3, 0.4) is 0 Å². The number of rotatable bonds is 6. The van der Waals surface area contributed by atoms with Crippen molar-refractivity contribution in [1.29, 1.82) is 0 Å². The molecular weight excluding hydrogens is 368 g/mol. The topological polar surface area (TPSA) is 84.2 Å². The molecule has 0 bridgehead atoms. The van der Waals surface area contributed by atoms with E-state index in [2.05, 4.69) is 15.1 Å². The second kappa shape index (κ2) is 8.71. The number of nitrogens with zero attached hydrogens (tertiary/aromatic N) is 6. The van der Waals surface area contributed by atoms with Crippen molar-refractivity contribution >= 4 is 11.8 Å². The van der Waals surface area contributed by atoms with Gasteiger partial charge in [-0.1, -0.05) is 6.07 Å². The van der Waals surface area contributed by atoms with Gasteiger partial charge in [-0.05, 0) is 36.8 Å². The van der Waals surface area contributed by atoms with Crippen LogP contribution in [-0.4, -0.2) is 67.5 Å². The highest BCUT2D eigenvalue weighted by molar-refractivity contribution is 5.77. The van der Waals surface area contributed by atoms with Crippen LogP contribution in [0.15, 0.2) is 37.1 Å². The van der Waals surface area contributed by atoms with E-state index in [4.69, 9.17) is 0 Å². The zero-order chi connectivity index (χ0) is 20.1. The third-order valence-corrected chi connectivity index (χ3v) is 6.31. The number of hydrogen-bond donors (Lipinski definition) is 0. The summed E-state index contributed by atoms with van der Waals surface area (Å²) < 4.78 is 1.69. The normalized spacial score (nSPS) is 19.0. The van der Waals surface area contributed by atoms with Crippen LogP contribution in [0.1, 0.15) is 37.8 Å². The van der Waals surface area contributed by atoms with Crippen molar-refractivity contribution in [3.05, 3.63) is 42.7 Å². The molecule has 2 aliphatic rings. The lowest BCUT2D eigenvalue weighted by Gasteiger charge is -2.47. The van der Waals surface area contributed by atoms with E-state index >= 15 is 0 Å². The van der Waals surface area contributed by atoms with E-state index in [1.165, 1.54) is 6.33 Å². The molecule has 0 N–H and O–H groups in total. The Morgan fingerprint density at radius 2 is 2.00 bits per heavy atom. The molecule has 0 unspecified atom stereocenters. The number of carbonyl (C=O) groups excluding carboxylic acids is 2. The van der Waals surface area contributed by atoms with Crippen molar-refractivity contribution in [2.45, 2.75) is 45.1 Å². The first-order valence-corrected chi connectivity index (χ1v) is 10.4. The van der Waals surface area contributed by atoms with Gasteiger partial charge in [-0.25, -0.2) is 4.98 Å². The van der Waals surface area contributed by atoms with Crippen molar-refractivity contribution in [1.82, 2.24) is 29.5 Å². The van der Waals surface area contributed by atoms with Crippen LogP contribution in [0.2, 0.25) is 0 Å². The van der Waals surface area contributed by atoms with E-state index in [9.17, 15) is 9.59 Å². The molecule has 1 spiro atoms. The number of aromatic nitrogens is 4. The molecule has 0 radical (unpaired) electrons. The molecule has 2 fully saturated rings. The fourth-order valence-electron chi connectivity index (χ4n) is 4.46. The fraction of sp³-hybridized carbons (Fsp3) is 0.571. The number of carbonyl (C=O) groups is 2. The summed E-state index contributed by atoms with van der Waals surface area (Å²) in [6.07, 6.45) is 9.64. The van der Waals surface area contributed by atoms with Gasteiger partial charge in [-0.3, -0.25) is 19.3 Å². The Bertz CT molecular complexity index is 815. The Morgan fingerprint density at radius 1 is 1.14 bits per heavy atom. The molecule has 2 aliphatic heterocycles. The smallest absolute Gasteiger partial charge is 0.224 e. The maximum absolute atomic E-state index is 12.5. The van der Waals surface area contributed by atoms with Gasteiger partial charge in [0.1, 0.15) is 12.7 Å². The highest BCUT2D eigenvalue weighted by atomic mass is 16.2. The standard InChI is InChI=1S/C21H28N6O2/c28-19-4-7-21(15-26(19)11-5-18-3-1-2-10-23-18)8-13-25(14-9-21)20(29)6-12-27-17-22-16-24-27/h1-3,10,16-17H,4-9,11-15H2. The molecule has 2 aromatic heterocycles. The maximum Gasteiger partial charge on any atom is 0.224 e. The minimum absolute atomic E-state index is 0.153. The molecule has 2 amide bonds. The fourth-order valence-corrected chi connectivity index (χ4v) is 4.46. The van der Waals surface area contributed by atoms with E-state index < -0.39 is 0 Å². The van der Waals surface area contributed by atoms with Gasteiger partial charge in [0.2, 0.25) is 11.8 Å². The maximum atomic E-state index is 12.5. The SMILES string of the molecule is O=C(CCn1cncn1)N1CCC2(CCC(=O)N(CCc3ccccn3)C2)CC1. The second-order valence-corrected chi connectivity index (χ2v) is 8.18. The number of hydrogen-bond acceptors (Lipinski definition) is 5. The molecule has 2 saturated heterocycles. The molecule has 4 rings (SSSR count). The Labute approximate surface area is 170 Å². The molecule has 2 aromatic rings. The minimum Gasteiger partial charge on any atom is -0.343 e. The Morgan fingerprint density at radius 3 is 2.72 bits per heavy atom. The van der Waals surface area contributed by atoms with Gasteiger partial charge < -0.3 is 9.80 Å². The van der Waals surface area contributed by atoms with Crippen molar-refractivity contribution in [3.63, 3.8) is 0 Å². The molecular formula is C21H28N6O2. The van der Waals surface area contributed by atoms with E-state index in [1.807, 2.05) is 28.0 Å². The van der Waals surface area contributed by atoms with Crippen LogP contribution in [0.25, 0.3) is 0 Å². The second-order valence-electron chi connectivity index (χ2n) is 8.18. The van der Waals surface area contributed by atoms with Crippen LogP contribution in [0.4, 0.5) is 0 Å². The highest BCUT2D eigenvalue weighted by Gasteiger charge is 2.41. The molecule has 0 atom stereocenters. The summed E-state index contributed by atoms with van der Waals surface area (Å²) in [5.74, 6) is 0.423. The molecule has 4 heterocycles. The minimum atomic E-state index is 0.153. The van der Waals surface area contributed by atoms with Crippen LogP contribution < -0.4 is 0 Å². The average Bonchev–Trinajstić information content (AvgIpc) is 3.28. The third kappa shape index (κ3) is 4.81. The van der Waals surface area contributed by atoms with Crippen LogP contribution in [0.5, 0.6) is 0 Å². The predicted octanol–water partition coefficient (Wildman–Crippen LogP) is 1.54. The first kappa shape index (κ1) is 19.5. The third-order valence-electron chi connectivity index (χ3n) is 6.31. The summed E-state index contributed by atoms with van der Waals surface area (Å²) in [7, 11) is 0. The zero-order valence-electron chi connectivity index (χ0n) is 16.7. The average molecular weight is 396 g/mol. The first-order valence-electron chi connectivity index (χ1n) is 10.4. The molecule has 29 heavy (non-hydrogen) atoms. The number of aryl methyl sites for hydroxylation is 1. The Balaban J connectivity index is 1.27. The lowest BCUT2D eigenvalue weighted by molar-refractivity contribution is -0.142. The van der Waals surface area contributed by atoms with Gasteiger partial charge in [0, 0.05) is 57.3 Å². The van der Waals surface area contributed by atoms with Gasteiger partial charge in [0.25, 0.3) is 0 Å². The van der Waals surface area contributed by atoms with E-state index in [0.29, 0.717) is 19.4 Å². The van der Waals surface area contributed by atoms with Crippen molar-refractivity contribution in [2.24, 2.45) is 5.41 Å². The van der Waals surface area contributed by atoms with Crippen LogP contribution in [0, 0.1) is 5.41 Å². The van der Waals surface area contributed by atoms with Crippen LogP contribution >= 0.6 is 0 Å². The number of piperidine rings is 2. The molecule has 154 valence electrons. The summed E-state index contributed by atoms with van der Waals surface area (Å²) in [4.78, 5) is 37.2. The molecule has 0 aliphatic carbocycles. The zero-order valence-corrected chi connectivity index (χ0v) is 16.7. The van der Waals surface area contributed by atoms with Gasteiger partial charge >= 0.3 is 0 Å². The van der Waals surface area contributed by atoms with Crippen molar-refractivity contribution in [2.75, 3.05) is 26.2 Å². The van der Waals surface area contributed by atoms with Gasteiger partial charge in [0.05, 0.1) is 6.54 Å². The quantitative estimate of drug-likeness (QED) is 0.739. The lowest BCUT2D eigenvalue weighted by Crippen LogP contribution is -2.52. The summed E-state index contributed by atoms with van der Waals surface area (Å²) in [6, 6.07) is 5.90. The molecule has 8 nitrogen and oxygen atoms in total. The summed E-state index contributed by atoms with van der Waals surface area (Å²) in [5, 5.41) is 4.05. The molecule has 0 saturated carbocycles. The van der Waals surface area contributed by atoms with Gasteiger partial charge in [-0.2, -0.15) is 5.10 Å². The van der Waals surface area contributed by atoms with Crippen molar-refractivity contribution < 1.29 is 9.59 Å². The summed E-state index contributed by atoms with van der Waals surface area (Å²) in [6.45, 7) is 3.64. The monoisotopic (exact) mass is 396 g/mol. The highest BCUT2D eigenvalue weighted by Crippen LogP contribution is 2.40. The number of likely N-dealkylation sites (tertiary alicyclic amines) is 2. The van der Waals surface area contributed by atoms with E-state index in [-0.39, 0.29) is 17.2 Å². The Kier molecular flexibility index (Phi) is 5.87. The first-order chi connectivity index (χ1) is 14.1. The largest absolute Gasteiger partial charge is 0.343 e. The Hall–Kier alpha value is -2.77. The number of amides is 2. The number of pyridine rings is 1. The molecule has 0 aromatic carbocycles. The van der Waals surface area contributed by atoms with Crippen molar-refractivity contribution in [3.8, 4) is 0 Å². The van der Waals surface area contributed by atoms with Gasteiger partial charge in [0.15, 0.2) is 0 Å². The molecule has 8 heteroatoms. The van der Waals surface area contributed by atoms with Crippen LogP contribution in [-0.2, 0) is 22.6 Å². The summed E-state index contributed by atoms with van der Waals surface area (Å²) in [5.41, 5.74) is 1.17. The van der Waals surface area contributed by atoms with E-state index in [1.54, 1.807) is 17.2 Å². The predicted molar refractivity (Wildman–Crippen MR) is 107 cm³/mol. The summed E-state index contributed by atoms with van der Waals surface area (Å²) >= 11 is 0.